The van der Waals surface area contributed by atoms with Crippen LogP contribution in [0.5, 0.6) is 0 Å². The number of nitrogens with zero attached hydrogens (tertiary/aromatic N) is 2. The predicted octanol–water partition coefficient (Wildman–Crippen LogP) is 3.98. The Balaban J connectivity index is 1.67. The van der Waals surface area contributed by atoms with Crippen molar-refractivity contribution < 1.29 is 9.59 Å². The van der Waals surface area contributed by atoms with E-state index in [2.05, 4.69) is 10.3 Å². The van der Waals surface area contributed by atoms with E-state index >= 15 is 0 Å². The van der Waals surface area contributed by atoms with Gasteiger partial charge in [0.15, 0.2) is 0 Å². The number of nitrogens with one attached hydrogen (secondary N) is 1. The minimum Gasteiger partial charge on any atom is -0.348 e. The number of rotatable bonds is 7. The van der Waals surface area contributed by atoms with Gasteiger partial charge in [0.2, 0.25) is 0 Å². The lowest BCUT2D eigenvalue weighted by atomic mass is 10.1. The Bertz CT molecular complexity index is 969. The first-order valence-electron chi connectivity index (χ1n) is 9.70. The van der Waals surface area contributed by atoms with Gasteiger partial charge in [-0.05, 0) is 37.1 Å². The maximum absolute atomic E-state index is 12.9. The molecular weight excluding hydrogens is 362 g/mol. The minimum absolute atomic E-state index is 0.190. The monoisotopic (exact) mass is 387 g/mol. The Morgan fingerprint density at radius 2 is 1.69 bits per heavy atom. The molecule has 3 aromatic rings. The van der Waals surface area contributed by atoms with Gasteiger partial charge in [-0.2, -0.15) is 0 Å². The molecule has 0 unspecified atom stereocenters. The number of pyridine rings is 1. The third-order valence-electron chi connectivity index (χ3n) is 4.70. The first kappa shape index (κ1) is 20.3. The molecule has 0 saturated heterocycles. The van der Waals surface area contributed by atoms with Crippen LogP contribution in [-0.4, -0.2) is 28.2 Å². The summed E-state index contributed by atoms with van der Waals surface area (Å²) in [6.07, 6.45) is 1.50. The molecule has 29 heavy (non-hydrogen) atoms. The molecule has 1 heterocycles. The molecule has 0 bridgehead atoms. The van der Waals surface area contributed by atoms with Gasteiger partial charge in [0, 0.05) is 31.4 Å². The third kappa shape index (κ3) is 5.51. The van der Waals surface area contributed by atoms with Crippen LogP contribution in [0.15, 0.2) is 72.9 Å². The first-order chi connectivity index (χ1) is 14.1. The number of carbonyl (C=O) groups is 2. The molecule has 5 nitrogen and oxygen atoms in total. The summed E-state index contributed by atoms with van der Waals surface area (Å²) in [7, 11) is 0. The SMILES string of the molecule is CCN(Cc1ccccc1)C(=O)c1cc(C(=O)NCc2ccc(C)cc2)ccn1. The van der Waals surface area contributed by atoms with E-state index < -0.39 is 0 Å². The first-order valence-corrected chi connectivity index (χ1v) is 9.70. The van der Waals surface area contributed by atoms with E-state index in [4.69, 9.17) is 0 Å². The molecule has 5 heteroatoms. The molecule has 0 atom stereocenters. The molecular formula is C24H25N3O2. The van der Waals surface area contributed by atoms with Crippen molar-refractivity contribution in [3.63, 3.8) is 0 Å². The zero-order valence-electron chi connectivity index (χ0n) is 16.8. The lowest BCUT2D eigenvalue weighted by molar-refractivity contribution is 0.0746. The molecule has 3 rings (SSSR count). The summed E-state index contributed by atoms with van der Waals surface area (Å²) in [4.78, 5) is 31.3. The highest BCUT2D eigenvalue weighted by atomic mass is 16.2. The van der Waals surface area contributed by atoms with Crippen LogP contribution < -0.4 is 5.32 Å². The zero-order valence-corrected chi connectivity index (χ0v) is 16.8. The van der Waals surface area contributed by atoms with Gasteiger partial charge in [-0.3, -0.25) is 14.6 Å². The normalized spacial score (nSPS) is 10.4. The Morgan fingerprint density at radius 3 is 2.38 bits per heavy atom. The molecule has 0 fully saturated rings. The molecule has 2 aromatic carbocycles. The van der Waals surface area contributed by atoms with E-state index in [-0.39, 0.29) is 17.5 Å². The van der Waals surface area contributed by atoms with Gasteiger partial charge < -0.3 is 10.2 Å². The summed E-state index contributed by atoms with van der Waals surface area (Å²) in [5.74, 6) is -0.419. The van der Waals surface area contributed by atoms with Crippen molar-refractivity contribution >= 4 is 11.8 Å². The molecule has 0 aliphatic carbocycles. The van der Waals surface area contributed by atoms with Crippen LogP contribution in [0.3, 0.4) is 0 Å². The maximum Gasteiger partial charge on any atom is 0.272 e. The smallest absolute Gasteiger partial charge is 0.272 e. The fraction of sp³-hybridized carbons (Fsp3) is 0.208. The standard InChI is InChI=1S/C24H25N3O2/c1-3-27(17-20-7-5-4-6-8-20)24(29)22-15-21(13-14-25-22)23(28)26-16-19-11-9-18(2)10-12-19/h4-15H,3,16-17H2,1-2H3,(H,26,28). The second-order valence-corrected chi connectivity index (χ2v) is 6.90. The predicted molar refractivity (Wildman–Crippen MR) is 113 cm³/mol. The van der Waals surface area contributed by atoms with E-state index in [9.17, 15) is 9.59 Å². The van der Waals surface area contributed by atoms with Crippen molar-refractivity contribution in [2.75, 3.05) is 6.54 Å². The maximum atomic E-state index is 12.9. The van der Waals surface area contributed by atoms with Crippen LogP contribution in [0, 0.1) is 6.92 Å². The Labute approximate surface area is 171 Å². The highest BCUT2D eigenvalue weighted by Gasteiger charge is 2.17. The summed E-state index contributed by atoms with van der Waals surface area (Å²) in [5, 5.41) is 2.89. The van der Waals surface area contributed by atoms with Gasteiger partial charge in [0.05, 0.1) is 0 Å². The van der Waals surface area contributed by atoms with Gasteiger partial charge in [0.25, 0.3) is 11.8 Å². The molecule has 1 aromatic heterocycles. The molecule has 0 spiro atoms. The van der Waals surface area contributed by atoms with Crippen molar-refractivity contribution in [3.8, 4) is 0 Å². The number of hydrogen-bond acceptors (Lipinski definition) is 3. The Morgan fingerprint density at radius 1 is 0.966 bits per heavy atom. The Kier molecular flexibility index (Phi) is 6.74. The third-order valence-corrected chi connectivity index (χ3v) is 4.70. The van der Waals surface area contributed by atoms with Crippen LogP contribution in [0.2, 0.25) is 0 Å². The summed E-state index contributed by atoms with van der Waals surface area (Å²) in [6, 6.07) is 21.0. The zero-order chi connectivity index (χ0) is 20.6. The molecule has 0 aliphatic heterocycles. The van der Waals surface area contributed by atoms with Gasteiger partial charge >= 0.3 is 0 Å². The number of benzene rings is 2. The number of aryl methyl sites for hydroxylation is 1. The van der Waals surface area contributed by atoms with Crippen molar-refractivity contribution in [1.82, 2.24) is 15.2 Å². The number of carbonyl (C=O) groups excluding carboxylic acids is 2. The van der Waals surface area contributed by atoms with Crippen molar-refractivity contribution in [3.05, 3.63) is 101 Å². The van der Waals surface area contributed by atoms with E-state index in [1.165, 1.54) is 11.8 Å². The average molecular weight is 387 g/mol. The lowest BCUT2D eigenvalue weighted by Gasteiger charge is -2.20. The van der Waals surface area contributed by atoms with Gasteiger partial charge in [-0.25, -0.2) is 0 Å². The largest absolute Gasteiger partial charge is 0.348 e. The quantitative estimate of drug-likeness (QED) is 0.667. The topological polar surface area (TPSA) is 62.3 Å². The van der Waals surface area contributed by atoms with Crippen LogP contribution in [0.25, 0.3) is 0 Å². The Hall–Kier alpha value is -3.47. The second kappa shape index (κ2) is 9.64. The summed E-state index contributed by atoms with van der Waals surface area (Å²) >= 11 is 0. The molecule has 0 saturated carbocycles. The van der Waals surface area contributed by atoms with E-state index in [1.54, 1.807) is 17.0 Å². The van der Waals surface area contributed by atoms with E-state index in [0.717, 1.165) is 11.1 Å². The van der Waals surface area contributed by atoms with E-state index in [0.29, 0.717) is 25.2 Å². The fourth-order valence-corrected chi connectivity index (χ4v) is 2.97. The molecule has 1 N–H and O–H groups in total. The van der Waals surface area contributed by atoms with Crippen molar-refractivity contribution in [2.24, 2.45) is 0 Å². The van der Waals surface area contributed by atoms with Crippen LogP contribution in [0.1, 0.15) is 44.5 Å². The highest BCUT2D eigenvalue weighted by Crippen LogP contribution is 2.11. The van der Waals surface area contributed by atoms with Crippen molar-refractivity contribution in [2.45, 2.75) is 26.9 Å². The minimum atomic E-state index is -0.229. The second-order valence-electron chi connectivity index (χ2n) is 6.90. The van der Waals surface area contributed by atoms with Crippen LogP contribution in [-0.2, 0) is 13.1 Å². The number of hydrogen-bond donors (Lipinski definition) is 1. The summed E-state index contributed by atoms with van der Waals surface area (Å²) in [6.45, 7) is 5.44. The van der Waals surface area contributed by atoms with Crippen LogP contribution in [0.4, 0.5) is 0 Å². The summed E-state index contributed by atoms with van der Waals surface area (Å²) in [5.41, 5.74) is 3.94. The van der Waals surface area contributed by atoms with Gasteiger partial charge in [0.1, 0.15) is 5.69 Å². The number of aromatic nitrogens is 1. The molecule has 2 amide bonds. The molecule has 148 valence electrons. The van der Waals surface area contributed by atoms with E-state index in [1.807, 2.05) is 68.4 Å². The number of amides is 2. The average Bonchev–Trinajstić information content (AvgIpc) is 2.77. The van der Waals surface area contributed by atoms with Gasteiger partial charge in [-0.1, -0.05) is 60.2 Å². The highest BCUT2D eigenvalue weighted by molar-refractivity contribution is 5.98. The van der Waals surface area contributed by atoms with Gasteiger partial charge in [-0.15, -0.1) is 0 Å². The lowest BCUT2D eigenvalue weighted by Crippen LogP contribution is -2.31. The molecule has 0 aliphatic rings. The van der Waals surface area contributed by atoms with Crippen LogP contribution >= 0.6 is 0 Å². The molecule has 0 radical (unpaired) electrons. The fourth-order valence-electron chi connectivity index (χ4n) is 2.97. The summed E-state index contributed by atoms with van der Waals surface area (Å²) < 4.78 is 0. The van der Waals surface area contributed by atoms with Crippen molar-refractivity contribution in [1.29, 1.82) is 0 Å².